The topological polar surface area (TPSA) is 50.9 Å². The van der Waals surface area contributed by atoms with Gasteiger partial charge in [-0.1, -0.05) is 0 Å². The molecular weight excluding hydrogens is 262 g/mol. The van der Waals surface area contributed by atoms with E-state index in [0.29, 0.717) is 0 Å². The van der Waals surface area contributed by atoms with Gasteiger partial charge in [0.25, 0.3) is 0 Å². The lowest BCUT2D eigenvalue weighted by atomic mass is 9.98. The minimum absolute atomic E-state index is 0.201. The van der Waals surface area contributed by atoms with Crippen molar-refractivity contribution >= 4 is 22.7 Å². The van der Waals surface area contributed by atoms with Crippen molar-refractivity contribution in [3.05, 3.63) is 38.0 Å². The molecule has 0 saturated carbocycles. The summed E-state index contributed by atoms with van der Waals surface area (Å²) >= 11 is 3.62. The lowest BCUT2D eigenvalue weighted by Crippen LogP contribution is -2.28. The van der Waals surface area contributed by atoms with Crippen LogP contribution in [0.25, 0.3) is 0 Å². The third-order valence-corrected chi connectivity index (χ3v) is 5.58. The largest absolute Gasteiger partial charge is 0.271 e. The Labute approximate surface area is 115 Å². The summed E-state index contributed by atoms with van der Waals surface area (Å²) in [4.78, 5) is 7.27. The molecule has 3 nitrogen and oxygen atoms in total. The fourth-order valence-electron chi connectivity index (χ4n) is 2.46. The minimum atomic E-state index is 0.201. The molecule has 3 rings (SSSR count). The molecule has 1 unspecified atom stereocenters. The second-order valence-electron chi connectivity index (χ2n) is 4.65. The second-order valence-corrected chi connectivity index (χ2v) is 6.80. The molecule has 0 saturated heterocycles. The number of nitrogens with one attached hydrogen (secondary N) is 1. The average molecular weight is 279 g/mol. The van der Waals surface area contributed by atoms with Gasteiger partial charge in [-0.25, -0.2) is 4.98 Å². The van der Waals surface area contributed by atoms with Crippen molar-refractivity contribution in [3.63, 3.8) is 0 Å². The van der Waals surface area contributed by atoms with Gasteiger partial charge in [-0.05, 0) is 37.3 Å². The van der Waals surface area contributed by atoms with Crippen molar-refractivity contribution in [2.45, 2.75) is 38.1 Å². The van der Waals surface area contributed by atoms with Crippen molar-refractivity contribution in [3.8, 4) is 0 Å². The van der Waals surface area contributed by atoms with E-state index in [2.05, 4.69) is 16.5 Å². The van der Waals surface area contributed by atoms with E-state index < -0.39 is 0 Å². The van der Waals surface area contributed by atoms with Gasteiger partial charge >= 0.3 is 0 Å². The van der Waals surface area contributed by atoms with E-state index in [1.807, 2.05) is 22.9 Å². The number of hydrogen-bond donors (Lipinski definition) is 2. The van der Waals surface area contributed by atoms with Crippen LogP contribution in [0.2, 0.25) is 0 Å². The molecule has 0 aromatic carbocycles. The molecule has 0 fully saturated rings. The molecule has 96 valence electrons. The smallest absolute Gasteiger partial charge is 0.0944 e. The molecule has 3 N–H and O–H groups in total. The van der Waals surface area contributed by atoms with Crippen molar-refractivity contribution in [1.82, 2.24) is 10.4 Å². The van der Waals surface area contributed by atoms with Crippen molar-refractivity contribution in [2.24, 2.45) is 5.84 Å². The monoisotopic (exact) mass is 279 g/mol. The van der Waals surface area contributed by atoms with E-state index >= 15 is 0 Å². The van der Waals surface area contributed by atoms with Crippen LogP contribution < -0.4 is 11.3 Å². The summed E-state index contributed by atoms with van der Waals surface area (Å²) in [7, 11) is 0. The van der Waals surface area contributed by atoms with Gasteiger partial charge < -0.3 is 0 Å². The molecule has 2 aromatic rings. The van der Waals surface area contributed by atoms with Gasteiger partial charge in [0.15, 0.2) is 0 Å². The maximum Gasteiger partial charge on any atom is 0.0944 e. The minimum Gasteiger partial charge on any atom is -0.271 e. The van der Waals surface area contributed by atoms with Gasteiger partial charge in [-0.3, -0.25) is 11.3 Å². The highest BCUT2D eigenvalue weighted by molar-refractivity contribution is 7.12. The first-order valence-corrected chi connectivity index (χ1v) is 8.02. The molecule has 0 radical (unpaired) electrons. The first-order valence-electron chi connectivity index (χ1n) is 6.33. The summed E-state index contributed by atoms with van der Waals surface area (Å²) < 4.78 is 0. The number of thiophene rings is 1. The van der Waals surface area contributed by atoms with E-state index in [-0.39, 0.29) is 6.04 Å². The zero-order valence-corrected chi connectivity index (χ0v) is 11.8. The molecule has 5 heteroatoms. The van der Waals surface area contributed by atoms with Crippen LogP contribution in [0.5, 0.6) is 0 Å². The van der Waals surface area contributed by atoms with Crippen molar-refractivity contribution in [2.75, 3.05) is 0 Å². The Hall–Kier alpha value is -0.750. The third-order valence-electron chi connectivity index (χ3n) is 3.42. The maximum absolute atomic E-state index is 5.71. The van der Waals surface area contributed by atoms with E-state index in [4.69, 9.17) is 5.84 Å². The third kappa shape index (κ3) is 2.49. The van der Waals surface area contributed by atoms with E-state index in [9.17, 15) is 0 Å². The lowest BCUT2D eigenvalue weighted by molar-refractivity contribution is 0.559. The SMILES string of the molecule is NNC(Cc1nccs1)c1cc2c(s1)CCCC2. The predicted octanol–water partition coefficient (Wildman–Crippen LogP) is 2.83. The van der Waals surface area contributed by atoms with Crippen LogP contribution in [-0.4, -0.2) is 4.98 Å². The molecule has 2 heterocycles. The van der Waals surface area contributed by atoms with Crippen LogP contribution in [0.3, 0.4) is 0 Å². The van der Waals surface area contributed by atoms with Gasteiger partial charge in [0, 0.05) is 27.8 Å². The molecule has 0 bridgehead atoms. The van der Waals surface area contributed by atoms with E-state index in [0.717, 1.165) is 11.4 Å². The summed E-state index contributed by atoms with van der Waals surface area (Å²) in [6.45, 7) is 0. The second kappa shape index (κ2) is 5.48. The number of nitrogens with zero attached hydrogens (tertiary/aromatic N) is 1. The Balaban J connectivity index is 1.80. The Kier molecular flexibility index (Phi) is 3.75. The van der Waals surface area contributed by atoms with Crippen LogP contribution in [0.4, 0.5) is 0 Å². The van der Waals surface area contributed by atoms with Gasteiger partial charge in [-0.15, -0.1) is 22.7 Å². The van der Waals surface area contributed by atoms with Crippen LogP contribution in [0, 0.1) is 0 Å². The normalized spacial score (nSPS) is 16.5. The maximum atomic E-state index is 5.71. The number of aromatic nitrogens is 1. The fourth-order valence-corrected chi connectivity index (χ4v) is 4.44. The lowest BCUT2D eigenvalue weighted by Gasteiger charge is -2.12. The zero-order valence-electron chi connectivity index (χ0n) is 10.2. The zero-order chi connectivity index (χ0) is 12.4. The molecule has 1 aliphatic carbocycles. The van der Waals surface area contributed by atoms with Gasteiger partial charge in [0.2, 0.25) is 0 Å². The van der Waals surface area contributed by atoms with E-state index in [1.165, 1.54) is 30.6 Å². The molecular formula is C13H17N3S2. The molecule has 0 aliphatic heterocycles. The van der Waals surface area contributed by atoms with Crippen molar-refractivity contribution < 1.29 is 0 Å². The number of fused-ring (bicyclic) bond motifs is 1. The van der Waals surface area contributed by atoms with Crippen LogP contribution in [-0.2, 0) is 19.3 Å². The standard InChI is InChI=1S/C13H17N3S2/c14-16-10(8-13-15-5-6-17-13)12-7-9-3-1-2-4-11(9)18-12/h5-7,10,16H,1-4,8,14H2. The number of thiazole rings is 1. The first kappa shape index (κ1) is 12.3. The highest BCUT2D eigenvalue weighted by Crippen LogP contribution is 2.33. The number of hydrogen-bond acceptors (Lipinski definition) is 5. The number of hydrazine groups is 1. The summed E-state index contributed by atoms with van der Waals surface area (Å²) in [5, 5.41) is 3.16. The fraction of sp³-hybridized carbons (Fsp3) is 0.462. The van der Waals surface area contributed by atoms with Crippen LogP contribution >= 0.6 is 22.7 Å². The average Bonchev–Trinajstić information content (AvgIpc) is 3.04. The highest BCUT2D eigenvalue weighted by atomic mass is 32.1. The molecule has 0 amide bonds. The number of rotatable bonds is 4. The molecule has 0 spiro atoms. The van der Waals surface area contributed by atoms with E-state index in [1.54, 1.807) is 21.8 Å². The van der Waals surface area contributed by atoms with Crippen LogP contribution in [0.1, 0.15) is 39.2 Å². The summed E-state index contributed by atoms with van der Waals surface area (Å²) in [5.41, 5.74) is 4.49. The molecule has 2 aromatic heterocycles. The Morgan fingerprint density at radius 2 is 2.28 bits per heavy atom. The summed E-state index contributed by atoms with van der Waals surface area (Å²) in [5.74, 6) is 5.71. The van der Waals surface area contributed by atoms with Gasteiger partial charge in [-0.2, -0.15) is 0 Å². The first-order chi connectivity index (χ1) is 8.86. The van der Waals surface area contributed by atoms with Crippen LogP contribution in [0.15, 0.2) is 17.6 Å². The van der Waals surface area contributed by atoms with Gasteiger partial charge in [0.1, 0.15) is 0 Å². The molecule has 1 aliphatic rings. The molecule has 18 heavy (non-hydrogen) atoms. The summed E-state index contributed by atoms with van der Waals surface area (Å²) in [6.07, 6.45) is 7.88. The highest BCUT2D eigenvalue weighted by Gasteiger charge is 2.19. The summed E-state index contributed by atoms with van der Waals surface area (Å²) in [6, 6.07) is 2.55. The quantitative estimate of drug-likeness (QED) is 0.668. The van der Waals surface area contributed by atoms with Crippen molar-refractivity contribution in [1.29, 1.82) is 0 Å². The number of nitrogens with two attached hydrogens (primary N) is 1. The number of aryl methyl sites for hydroxylation is 2. The Morgan fingerprint density at radius 1 is 1.39 bits per heavy atom. The Morgan fingerprint density at radius 3 is 3.00 bits per heavy atom. The van der Waals surface area contributed by atoms with Gasteiger partial charge in [0.05, 0.1) is 11.0 Å². The predicted molar refractivity (Wildman–Crippen MR) is 76.8 cm³/mol. The Bertz CT molecular complexity index is 481. The molecule has 1 atom stereocenters.